The molecule has 1 saturated heterocycles. The van der Waals surface area contributed by atoms with Gasteiger partial charge < -0.3 is 10.1 Å². The molecule has 0 unspecified atom stereocenters. The van der Waals surface area contributed by atoms with Gasteiger partial charge in [0.1, 0.15) is 0 Å². The van der Waals surface area contributed by atoms with Crippen LogP contribution in [0.25, 0.3) is 0 Å². The predicted molar refractivity (Wildman–Crippen MR) is 60.0 cm³/mol. The predicted octanol–water partition coefficient (Wildman–Crippen LogP) is 1.64. The zero-order valence-electron chi connectivity index (χ0n) is 10.2. The highest BCUT2D eigenvalue weighted by molar-refractivity contribution is 4.78. The standard InChI is InChI=1S/C11H21F3N2O/c1-2-17-8-5-15-10-3-6-16(7-4-10)9-11(12,13)14/h10,15H,2-9H2,1H3. The molecular weight excluding hydrogens is 233 g/mol. The molecule has 1 heterocycles. The van der Waals surface area contributed by atoms with Gasteiger partial charge in [0.2, 0.25) is 0 Å². The van der Waals surface area contributed by atoms with Gasteiger partial charge in [-0.05, 0) is 32.9 Å². The Bertz CT molecular complexity index is 203. The first-order valence-corrected chi connectivity index (χ1v) is 6.11. The van der Waals surface area contributed by atoms with Gasteiger partial charge in [-0.25, -0.2) is 0 Å². The molecule has 0 aliphatic carbocycles. The van der Waals surface area contributed by atoms with Gasteiger partial charge in [0.15, 0.2) is 0 Å². The number of hydrogen-bond donors (Lipinski definition) is 1. The lowest BCUT2D eigenvalue weighted by Crippen LogP contribution is -2.46. The van der Waals surface area contributed by atoms with E-state index in [1.54, 1.807) is 0 Å². The largest absolute Gasteiger partial charge is 0.401 e. The third-order valence-electron chi connectivity index (χ3n) is 2.87. The third-order valence-corrected chi connectivity index (χ3v) is 2.87. The molecule has 0 aromatic heterocycles. The second-order valence-electron chi connectivity index (χ2n) is 4.32. The number of likely N-dealkylation sites (tertiary alicyclic amines) is 1. The van der Waals surface area contributed by atoms with Crippen LogP contribution in [-0.2, 0) is 4.74 Å². The van der Waals surface area contributed by atoms with E-state index in [4.69, 9.17) is 4.74 Å². The minimum Gasteiger partial charge on any atom is -0.380 e. The van der Waals surface area contributed by atoms with E-state index in [1.807, 2.05) is 6.92 Å². The van der Waals surface area contributed by atoms with Crippen molar-refractivity contribution in [1.29, 1.82) is 0 Å². The molecule has 0 atom stereocenters. The fourth-order valence-corrected chi connectivity index (χ4v) is 2.03. The van der Waals surface area contributed by atoms with Crippen LogP contribution in [0.3, 0.4) is 0 Å². The number of alkyl halides is 3. The Labute approximate surface area is 100 Å². The molecule has 0 amide bonds. The van der Waals surface area contributed by atoms with Crippen molar-refractivity contribution in [2.24, 2.45) is 0 Å². The zero-order valence-corrected chi connectivity index (χ0v) is 10.2. The highest BCUT2D eigenvalue weighted by Crippen LogP contribution is 2.19. The molecule has 0 spiro atoms. The third kappa shape index (κ3) is 6.85. The van der Waals surface area contributed by atoms with Crippen molar-refractivity contribution in [3.8, 4) is 0 Å². The summed E-state index contributed by atoms with van der Waals surface area (Å²) in [5.41, 5.74) is 0. The van der Waals surface area contributed by atoms with Gasteiger partial charge in [0.05, 0.1) is 13.2 Å². The number of nitrogens with one attached hydrogen (secondary N) is 1. The average Bonchev–Trinajstić information content (AvgIpc) is 2.25. The summed E-state index contributed by atoms with van der Waals surface area (Å²) < 4.78 is 41.6. The van der Waals surface area contributed by atoms with Crippen molar-refractivity contribution in [2.45, 2.75) is 32.0 Å². The lowest BCUT2D eigenvalue weighted by molar-refractivity contribution is -0.148. The number of ether oxygens (including phenoxy) is 1. The van der Waals surface area contributed by atoms with Gasteiger partial charge in [-0.15, -0.1) is 0 Å². The fourth-order valence-electron chi connectivity index (χ4n) is 2.03. The molecule has 1 aliphatic heterocycles. The second kappa shape index (κ2) is 7.18. The molecule has 0 aromatic carbocycles. The van der Waals surface area contributed by atoms with E-state index in [-0.39, 0.29) is 0 Å². The highest BCUT2D eigenvalue weighted by atomic mass is 19.4. The molecule has 0 saturated carbocycles. The van der Waals surface area contributed by atoms with Crippen LogP contribution in [0.5, 0.6) is 0 Å². The summed E-state index contributed by atoms with van der Waals surface area (Å²) in [5.74, 6) is 0. The number of hydrogen-bond acceptors (Lipinski definition) is 3. The Morgan fingerprint density at radius 1 is 1.29 bits per heavy atom. The smallest absolute Gasteiger partial charge is 0.380 e. The van der Waals surface area contributed by atoms with Gasteiger partial charge in [-0.1, -0.05) is 0 Å². The van der Waals surface area contributed by atoms with Crippen molar-refractivity contribution in [3.63, 3.8) is 0 Å². The van der Waals surface area contributed by atoms with E-state index in [9.17, 15) is 13.2 Å². The SMILES string of the molecule is CCOCCNC1CCN(CC(F)(F)F)CC1. The summed E-state index contributed by atoms with van der Waals surface area (Å²) in [6.45, 7) is 4.34. The molecule has 1 fully saturated rings. The first-order chi connectivity index (χ1) is 8.01. The molecule has 0 radical (unpaired) electrons. The molecule has 102 valence electrons. The van der Waals surface area contributed by atoms with Crippen LogP contribution in [0.15, 0.2) is 0 Å². The molecule has 1 aliphatic rings. The summed E-state index contributed by atoms with van der Waals surface area (Å²) in [6.07, 6.45) is -2.51. The van der Waals surface area contributed by atoms with Gasteiger partial charge in [-0.2, -0.15) is 13.2 Å². The Kier molecular flexibility index (Phi) is 6.22. The fraction of sp³-hybridized carbons (Fsp3) is 1.00. The van der Waals surface area contributed by atoms with Gasteiger partial charge in [0.25, 0.3) is 0 Å². The van der Waals surface area contributed by atoms with E-state index in [2.05, 4.69) is 5.32 Å². The lowest BCUT2D eigenvalue weighted by atomic mass is 10.1. The number of halogens is 3. The van der Waals surface area contributed by atoms with E-state index in [0.717, 1.165) is 19.4 Å². The summed E-state index contributed by atoms with van der Waals surface area (Å²) >= 11 is 0. The zero-order chi connectivity index (χ0) is 12.7. The number of nitrogens with zero attached hydrogens (tertiary/aromatic N) is 1. The first kappa shape index (κ1) is 14.7. The topological polar surface area (TPSA) is 24.5 Å². The van der Waals surface area contributed by atoms with Crippen LogP contribution in [0.2, 0.25) is 0 Å². The van der Waals surface area contributed by atoms with E-state index in [1.165, 1.54) is 4.90 Å². The van der Waals surface area contributed by atoms with Crippen LogP contribution in [0.4, 0.5) is 13.2 Å². The normalized spacial score (nSPS) is 19.8. The van der Waals surface area contributed by atoms with Crippen molar-refractivity contribution in [3.05, 3.63) is 0 Å². The van der Waals surface area contributed by atoms with Crippen LogP contribution < -0.4 is 5.32 Å². The maximum Gasteiger partial charge on any atom is 0.401 e. The summed E-state index contributed by atoms with van der Waals surface area (Å²) in [6, 6.07) is 0.333. The number of piperidine rings is 1. The minimum absolute atomic E-state index is 0.333. The minimum atomic E-state index is -4.07. The van der Waals surface area contributed by atoms with E-state index in [0.29, 0.717) is 32.3 Å². The molecule has 0 bridgehead atoms. The monoisotopic (exact) mass is 254 g/mol. The Morgan fingerprint density at radius 2 is 1.94 bits per heavy atom. The molecule has 3 nitrogen and oxygen atoms in total. The van der Waals surface area contributed by atoms with E-state index >= 15 is 0 Å². The van der Waals surface area contributed by atoms with Gasteiger partial charge in [0, 0.05) is 19.2 Å². The molecule has 1 rings (SSSR count). The molecule has 1 N–H and O–H groups in total. The lowest BCUT2D eigenvalue weighted by Gasteiger charge is -2.32. The Balaban J connectivity index is 2.09. The molecule has 6 heteroatoms. The Hall–Kier alpha value is -0.330. The highest BCUT2D eigenvalue weighted by Gasteiger charge is 2.32. The average molecular weight is 254 g/mol. The Morgan fingerprint density at radius 3 is 2.47 bits per heavy atom. The first-order valence-electron chi connectivity index (χ1n) is 6.11. The van der Waals surface area contributed by atoms with Crippen LogP contribution in [-0.4, -0.2) is 56.5 Å². The second-order valence-corrected chi connectivity index (χ2v) is 4.32. The molecular formula is C11H21F3N2O. The maximum absolute atomic E-state index is 12.2. The van der Waals surface area contributed by atoms with Crippen molar-refractivity contribution in [2.75, 3.05) is 39.4 Å². The van der Waals surface area contributed by atoms with Crippen molar-refractivity contribution >= 4 is 0 Å². The molecule has 0 aromatic rings. The van der Waals surface area contributed by atoms with Crippen LogP contribution in [0.1, 0.15) is 19.8 Å². The maximum atomic E-state index is 12.2. The van der Waals surface area contributed by atoms with Crippen molar-refractivity contribution in [1.82, 2.24) is 10.2 Å². The summed E-state index contributed by atoms with van der Waals surface area (Å²) in [7, 11) is 0. The molecule has 17 heavy (non-hydrogen) atoms. The van der Waals surface area contributed by atoms with Gasteiger partial charge in [-0.3, -0.25) is 4.90 Å². The number of rotatable bonds is 6. The quantitative estimate of drug-likeness (QED) is 0.729. The van der Waals surface area contributed by atoms with Crippen LogP contribution in [0, 0.1) is 0 Å². The summed E-state index contributed by atoms with van der Waals surface area (Å²) in [5, 5.41) is 3.31. The van der Waals surface area contributed by atoms with Gasteiger partial charge >= 0.3 is 6.18 Å². The van der Waals surface area contributed by atoms with Crippen molar-refractivity contribution < 1.29 is 17.9 Å². The summed E-state index contributed by atoms with van der Waals surface area (Å²) in [4.78, 5) is 1.47. The van der Waals surface area contributed by atoms with Crippen LogP contribution >= 0.6 is 0 Å². The van der Waals surface area contributed by atoms with E-state index < -0.39 is 12.7 Å².